The van der Waals surface area contributed by atoms with Gasteiger partial charge in [0.05, 0.1) is 4.87 Å². The van der Waals surface area contributed by atoms with Crippen LogP contribution in [0.3, 0.4) is 0 Å². The second-order valence-electron chi connectivity index (χ2n) is 7.55. The minimum atomic E-state index is -2.57. The van der Waals surface area contributed by atoms with E-state index in [2.05, 4.69) is 18.6 Å². The Bertz CT molecular complexity index is 297. The molecule has 0 aromatic heterocycles. The molecule has 0 spiro atoms. The fourth-order valence-electron chi connectivity index (χ4n) is 3.64. The molecule has 0 aliphatic heterocycles. The van der Waals surface area contributed by atoms with E-state index in [1.165, 1.54) is 107 Å². The summed E-state index contributed by atoms with van der Waals surface area (Å²) in [5, 5.41) is 0. The number of thiol groups is 1. The fourth-order valence-corrected chi connectivity index (χ4v) is 8.62. The molecular formula is C21H46O3S2Si. The summed E-state index contributed by atoms with van der Waals surface area (Å²) >= 11 is 4.41. The lowest BCUT2D eigenvalue weighted by atomic mass is 10.0. The SMILES string of the molecule is CCCCCCCCCCCCCCCCCC(SS)[Si](OC)(OC)OC. The molecule has 6 heteroatoms. The van der Waals surface area contributed by atoms with Crippen molar-refractivity contribution in [3.63, 3.8) is 0 Å². The van der Waals surface area contributed by atoms with Gasteiger partial charge in [0, 0.05) is 21.3 Å². The number of rotatable bonds is 21. The van der Waals surface area contributed by atoms with Crippen LogP contribution in [0.1, 0.15) is 110 Å². The lowest BCUT2D eigenvalue weighted by Gasteiger charge is -2.30. The molecule has 0 bridgehead atoms. The third kappa shape index (κ3) is 13.6. The minimum absolute atomic E-state index is 0.211. The largest absolute Gasteiger partial charge is 0.514 e. The van der Waals surface area contributed by atoms with Crippen molar-refractivity contribution >= 4 is 31.3 Å². The smallest absolute Gasteiger partial charge is 0.376 e. The van der Waals surface area contributed by atoms with Crippen LogP contribution in [0.25, 0.3) is 0 Å². The summed E-state index contributed by atoms with van der Waals surface area (Å²) in [4.78, 5) is 0.211. The molecule has 0 fully saturated rings. The van der Waals surface area contributed by atoms with Gasteiger partial charge in [-0.25, -0.2) is 0 Å². The van der Waals surface area contributed by atoms with E-state index in [-0.39, 0.29) is 4.87 Å². The highest BCUT2D eigenvalue weighted by molar-refractivity contribution is 8.69. The van der Waals surface area contributed by atoms with Gasteiger partial charge >= 0.3 is 8.80 Å². The lowest BCUT2D eigenvalue weighted by molar-refractivity contribution is 0.120. The summed E-state index contributed by atoms with van der Waals surface area (Å²) in [5.41, 5.74) is 0. The van der Waals surface area contributed by atoms with Gasteiger partial charge in [0.25, 0.3) is 0 Å². The Kier molecular flexibility index (Phi) is 20.7. The molecule has 0 aromatic rings. The van der Waals surface area contributed by atoms with Crippen molar-refractivity contribution in [1.29, 1.82) is 0 Å². The maximum absolute atomic E-state index is 5.59. The van der Waals surface area contributed by atoms with E-state index >= 15 is 0 Å². The molecule has 1 atom stereocenters. The monoisotopic (exact) mass is 438 g/mol. The summed E-state index contributed by atoms with van der Waals surface area (Å²) in [6.07, 6.45) is 21.9. The van der Waals surface area contributed by atoms with Crippen molar-refractivity contribution < 1.29 is 13.3 Å². The summed E-state index contributed by atoms with van der Waals surface area (Å²) in [6.45, 7) is 2.29. The molecule has 164 valence electrons. The standard InChI is InChI=1S/C21H46O3S2Si/c1-5-6-7-8-9-10-11-12-13-14-15-16-17-18-19-20-21(26-25)27(22-2,23-3)24-4/h21,25H,5-20H2,1-4H3. The zero-order valence-corrected chi connectivity index (χ0v) is 21.2. The number of hydrogen-bond donors (Lipinski definition) is 1. The Morgan fingerprint density at radius 2 is 0.963 bits per heavy atom. The van der Waals surface area contributed by atoms with E-state index in [9.17, 15) is 0 Å². The Morgan fingerprint density at radius 3 is 1.26 bits per heavy atom. The Hall–Kier alpha value is 0.797. The van der Waals surface area contributed by atoms with Gasteiger partial charge in [-0.15, -0.1) is 11.7 Å². The first-order valence-corrected chi connectivity index (χ1v) is 14.9. The normalized spacial score (nSPS) is 13.2. The molecule has 1 unspecified atom stereocenters. The first-order chi connectivity index (χ1) is 13.2. The van der Waals surface area contributed by atoms with Crippen molar-refractivity contribution in [2.45, 2.75) is 115 Å². The molecule has 0 saturated heterocycles. The maximum atomic E-state index is 5.59. The highest BCUT2D eigenvalue weighted by Crippen LogP contribution is 2.31. The van der Waals surface area contributed by atoms with Crippen molar-refractivity contribution in [1.82, 2.24) is 0 Å². The predicted octanol–water partition coefficient (Wildman–Crippen LogP) is 7.61. The van der Waals surface area contributed by atoms with Crippen LogP contribution in [0.15, 0.2) is 0 Å². The highest BCUT2D eigenvalue weighted by atomic mass is 33.1. The minimum Gasteiger partial charge on any atom is -0.376 e. The zero-order valence-electron chi connectivity index (χ0n) is 18.5. The number of unbranched alkanes of at least 4 members (excludes halogenated alkanes) is 14. The summed E-state index contributed by atoms with van der Waals surface area (Å²) in [7, 11) is 4.00. The molecule has 0 radical (unpaired) electrons. The van der Waals surface area contributed by atoms with Crippen molar-refractivity contribution in [3.8, 4) is 0 Å². The first kappa shape index (κ1) is 27.8. The molecule has 3 nitrogen and oxygen atoms in total. The molecule has 0 amide bonds. The average Bonchev–Trinajstić information content (AvgIpc) is 2.70. The van der Waals surface area contributed by atoms with Crippen LogP contribution in [0.5, 0.6) is 0 Å². The van der Waals surface area contributed by atoms with Crippen LogP contribution in [0, 0.1) is 0 Å². The molecule has 0 heterocycles. The van der Waals surface area contributed by atoms with Crippen LogP contribution >= 0.6 is 22.5 Å². The summed E-state index contributed by atoms with van der Waals surface area (Å²) < 4.78 is 16.8. The van der Waals surface area contributed by atoms with Crippen molar-refractivity contribution in [2.75, 3.05) is 21.3 Å². The lowest BCUT2D eigenvalue weighted by Crippen LogP contribution is -2.52. The van der Waals surface area contributed by atoms with Crippen LogP contribution in [-0.4, -0.2) is 35.0 Å². The Labute approximate surface area is 180 Å². The van der Waals surface area contributed by atoms with Gasteiger partial charge in [0.2, 0.25) is 0 Å². The van der Waals surface area contributed by atoms with Crippen LogP contribution < -0.4 is 0 Å². The third-order valence-corrected chi connectivity index (χ3v) is 11.3. The van der Waals surface area contributed by atoms with Gasteiger partial charge in [-0.2, -0.15) is 0 Å². The van der Waals surface area contributed by atoms with E-state index in [1.54, 1.807) is 21.3 Å². The zero-order chi connectivity index (χ0) is 20.2. The maximum Gasteiger partial charge on any atom is 0.514 e. The van der Waals surface area contributed by atoms with E-state index in [1.807, 2.05) is 0 Å². The molecule has 0 N–H and O–H groups in total. The molecule has 0 aliphatic carbocycles. The van der Waals surface area contributed by atoms with Gasteiger partial charge in [-0.05, 0) is 6.42 Å². The van der Waals surface area contributed by atoms with Crippen molar-refractivity contribution in [2.24, 2.45) is 0 Å². The van der Waals surface area contributed by atoms with Gasteiger partial charge in [0.15, 0.2) is 0 Å². The van der Waals surface area contributed by atoms with E-state index < -0.39 is 8.80 Å². The van der Waals surface area contributed by atoms with Crippen LogP contribution in [0.2, 0.25) is 0 Å². The second-order valence-corrected chi connectivity index (χ2v) is 12.5. The second kappa shape index (κ2) is 20.1. The molecule has 0 saturated carbocycles. The third-order valence-electron chi connectivity index (χ3n) is 5.44. The molecule has 0 aliphatic rings. The number of hydrogen-bond acceptors (Lipinski definition) is 5. The fraction of sp³-hybridized carbons (Fsp3) is 1.00. The topological polar surface area (TPSA) is 27.7 Å². The molecule has 0 rings (SSSR count). The van der Waals surface area contributed by atoms with Gasteiger partial charge in [-0.3, -0.25) is 0 Å². The van der Waals surface area contributed by atoms with Gasteiger partial charge < -0.3 is 13.3 Å². The average molecular weight is 439 g/mol. The summed E-state index contributed by atoms with van der Waals surface area (Å²) in [6, 6.07) is 0. The van der Waals surface area contributed by atoms with Crippen LogP contribution in [-0.2, 0) is 13.3 Å². The molecule has 0 aromatic carbocycles. The summed E-state index contributed by atoms with van der Waals surface area (Å²) in [5.74, 6) is 0. The Morgan fingerprint density at radius 1 is 0.630 bits per heavy atom. The van der Waals surface area contributed by atoms with E-state index in [4.69, 9.17) is 13.3 Å². The van der Waals surface area contributed by atoms with E-state index in [0.29, 0.717) is 0 Å². The van der Waals surface area contributed by atoms with Crippen LogP contribution in [0.4, 0.5) is 0 Å². The predicted molar refractivity (Wildman–Crippen MR) is 127 cm³/mol. The van der Waals surface area contributed by atoms with Gasteiger partial charge in [0.1, 0.15) is 0 Å². The van der Waals surface area contributed by atoms with Crippen molar-refractivity contribution in [3.05, 3.63) is 0 Å². The van der Waals surface area contributed by atoms with E-state index in [0.717, 1.165) is 6.42 Å². The highest BCUT2D eigenvalue weighted by Gasteiger charge is 2.47. The quantitative estimate of drug-likeness (QED) is 0.0863. The molecule has 27 heavy (non-hydrogen) atoms. The molecular weight excluding hydrogens is 392 g/mol. The first-order valence-electron chi connectivity index (χ1n) is 11.2. The van der Waals surface area contributed by atoms with Gasteiger partial charge in [-0.1, -0.05) is 114 Å². The Balaban J connectivity index is 3.49.